The Balaban J connectivity index is 2.24. The number of nitrogens with one attached hydrogen (secondary N) is 1. The normalized spacial score (nSPS) is 49.7. The Morgan fingerprint density at radius 2 is 1.52 bits per heavy atom. The van der Waals surface area contributed by atoms with Gasteiger partial charge < -0.3 is 64.1 Å². The number of rotatable bonds is 8. The van der Waals surface area contributed by atoms with Crippen LogP contribution in [0.1, 0.15) is 94.9 Å². The molecule has 3 saturated heterocycles. The van der Waals surface area contributed by atoms with Gasteiger partial charge in [-0.2, -0.15) is 0 Å². The Morgan fingerprint density at radius 1 is 0.904 bits per heavy atom. The molecular formula is C37H68N2O13. The minimum absolute atomic E-state index is 0.128. The van der Waals surface area contributed by atoms with Crippen molar-refractivity contribution < 1.29 is 63.6 Å². The van der Waals surface area contributed by atoms with E-state index in [0.717, 1.165) is 0 Å². The van der Waals surface area contributed by atoms with E-state index in [4.69, 9.17) is 33.2 Å². The van der Waals surface area contributed by atoms with Crippen LogP contribution >= 0.6 is 0 Å². The molecule has 0 aromatic rings. The van der Waals surface area contributed by atoms with Crippen molar-refractivity contribution in [2.24, 2.45) is 28.8 Å². The number of methoxy groups -OCH3 is 2. The molecule has 304 valence electrons. The van der Waals surface area contributed by atoms with Gasteiger partial charge in [0.25, 0.3) is 0 Å². The number of ether oxygens (including phenoxy) is 7. The number of hydrogen-bond donors (Lipinski definition) is 6. The molecule has 0 saturated carbocycles. The summed E-state index contributed by atoms with van der Waals surface area (Å²) in [5, 5.41) is 62.7. The van der Waals surface area contributed by atoms with Crippen molar-refractivity contribution in [2.45, 2.75) is 179 Å². The average molecular weight is 749 g/mol. The Bertz CT molecular complexity index is 1190. The van der Waals surface area contributed by atoms with Gasteiger partial charge in [0.2, 0.25) is 0 Å². The van der Waals surface area contributed by atoms with Crippen LogP contribution in [0.3, 0.4) is 0 Å². The molecule has 15 heteroatoms. The first-order valence-corrected chi connectivity index (χ1v) is 18.7. The molecule has 0 aromatic carbocycles. The number of carbonyl (C=O) groups excluding carboxylic acids is 1. The Kier molecular flexibility index (Phi) is 15.5. The monoisotopic (exact) mass is 748 g/mol. The van der Waals surface area contributed by atoms with E-state index in [1.807, 2.05) is 27.7 Å². The highest BCUT2D eigenvalue weighted by Gasteiger charge is 2.53. The average Bonchev–Trinajstić information content (AvgIpc) is 3.10. The Morgan fingerprint density at radius 3 is 2.06 bits per heavy atom. The number of aliphatic hydroxyl groups is 4. The van der Waals surface area contributed by atoms with Gasteiger partial charge in [0.15, 0.2) is 12.6 Å². The number of cyclic esters (lactones) is 1. The molecule has 0 radical (unpaired) electrons. The van der Waals surface area contributed by atoms with Crippen LogP contribution in [0, 0.1) is 23.7 Å². The van der Waals surface area contributed by atoms with Gasteiger partial charge in [0.1, 0.15) is 23.9 Å². The number of esters is 1. The molecule has 3 aliphatic rings. The molecule has 3 aliphatic heterocycles. The maximum absolute atomic E-state index is 14.2. The maximum Gasteiger partial charge on any atom is 0.311 e. The van der Waals surface area contributed by atoms with Gasteiger partial charge in [-0.25, -0.2) is 0 Å². The first-order valence-electron chi connectivity index (χ1n) is 18.7. The molecular weight excluding hydrogens is 680 g/mol. The molecule has 0 amide bonds. The molecule has 3 fully saturated rings. The van der Waals surface area contributed by atoms with E-state index in [9.17, 15) is 30.4 Å². The fourth-order valence-corrected chi connectivity index (χ4v) is 8.58. The summed E-state index contributed by atoms with van der Waals surface area (Å²) >= 11 is 0. The molecule has 2 unspecified atom stereocenters. The standard InChI is InChI=1S/C37H68N2O13/c1-14-25-37(10,44)30(41)20(4)27(39-45)18(2)16-36(9,47-13)32(52-34-28(40)24(38-11)15-19(3)48-34)21(5)29(22(6)33(43)50-25)51-26-17-35(8,46-12)31(42)23(7)49-26/h18-26,28-32,34,38,40-42,44-45H,14-17H2,1-13H3/b39-27+/t18-,19-,20+,21+,22-,23+,24+,25?,26+,28-,29?,30-,31+,32-,34+,35-,36-,37-/m1/s1. The fourth-order valence-electron chi connectivity index (χ4n) is 8.58. The zero-order valence-electron chi connectivity index (χ0n) is 33.4. The summed E-state index contributed by atoms with van der Waals surface area (Å²) in [6, 6.07) is -0.333. The van der Waals surface area contributed by atoms with E-state index in [0.29, 0.717) is 6.42 Å². The molecule has 3 rings (SSSR count). The predicted molar refractivity (Wildman–Crippen MR) is 191 cm³/mol. The van der Waals surface area contributed by atoms with E-state index in [1.165, 1.54) is 21.1 Å². The lowest BCUT2D eigenvalue weighted by Gasteiger charge is -2.49. The lowest BCUT2D eigenvalue weighted by molar-refractivity contribution is -0.317. The summed E-state index contributed by atoms with van der Waals surface area (Å²) in [5.74, 6) is -3.82. The van der Waals surface area contributed by atoms with Crippen molar-refractivity contribution in [1.29, 1.82) is 0 Å². The van der Waals surface area contributed by atoms with Gasteiger partial charge in [0.05, 0.1) is 53.4 Å². The highest BCUT2D eigenvalue weighted by Crippen LogP contribution is 2.41. The van der Waals surface area contributed by atoms with Crippen LogP contribution in [0.15, 0.2) is 5.16 Å². The van der Waals surface area contributed by atoms with E-state index < -0.39 is 102 Å². The van der Waals surface area contributed by atoms with Crippen LogP contribution in [-0.4, -0.2) is 143 Å². The van der Waals surface area contributed by atoms with Crippen molar-refractivity contribution in [3.8, 4) is 0 Å². The summed E-state index contributed by atoms with van der Waals surface area (Å²) in [4.78, 5) is 14.2. The van der Waals surface area contributed by atoms with Crippen molar-refractivity contribution >= 4 is 11.7 Å². The summed E-state index contributed by atoms with van der Waals surface area (Å²) in [6.07, 6.45) is -8.58. The minimum atomic E-state index is -1.94. The second-order valence-corrected chi connectivity index (χ2v) is 16.1. The minimum Gasteiger partial charge on any atom is -0.459 e. The van der Waals surface area contributed by atoms with Crippen LogP contribution < -0.4 is 5.32 Å². The second-order valence-electron chi connectivity index (χ2n) is 16.1. The van der Waals surface area contributed by atoms with Gasteiger partial charge in [-0.1, -0.05) is 32.9 Å². The van der Waals surface area contributed by atoms with Crippen LogP contribution in [0.4, 0.5) is 0 Å². The SMILES string of the molecule is CCC1OC(=O)[C@H](C)C(O[C@H]2C[C@@](C)(OC)[C@@H](O)[C@H](C)O2)[C@H](C)[C@@H](O[C@@H]2O[C@H](C)C[C@H](NC)[C@H]2O)[C@](C)(OC)C[C@@H](C)/C(=N\O)[C@H](C)[C@@H](O)[C@]1(C)O. The van der Waals surface area contributed by atoms with Crippen molar-refractivity contribution in [3.63, 3.8) is 0 Å². The van der Waals surface area contributed by atoms with Crippen molar-refractivity contribution in [2.75, 3.05) is 21.3 Å². The van der Waals surface area contributed by atoms with Crippen molar-refractivity contribution in [3.05, 3.63) is 0 Å². The van der Waals surface area contributed by atoms with E-state index in [-0.39, 0.29) is 37.1 Å². The summed E-state index contributed by atoms with van der Waals surface area (Å²) in [7, 11) is 4.78. The first-order chi connectivity index (χ1) is 24.2. The largest absolute Gasteiger partial charge is 0.459 e. The Labute approximate surface area is 309 Å². The molecule has 6 N–H and O–H groups in total. The highest BCUT2D eigenvalue weighted by molar-refractivity contribution is 5.88. The van der Waals surface area contributed by atoms with Crippen LogP contribution in [0.2, 0.25) is 0 Å². The fraction of sp³-hybridized carbons (Fsp3) is 0.946. The zero-order chi connectivity index (χ0) is 39.5. The summed E-state index contributed by atoms with van der Waals surface area (Å²) in [5.41, 5.74) is -3.99. The van der Waals surface area contributed by atoms with Crippen LogP contribution in [0.25, 0.3) is 0 Å². The predicted octanol–water partition coefficient (Wildman–Crippen LogP) is 2.36. The maximum atomic E-state index is 14.2. The smallest absolute Gasteiger partial charge is 0.311 e. The number of oxime groups is 1. The van der Waals surface area contributed by atoms with E-state index in [2.05, 4.69) is 10.5 Å². The Hall–Kier alpha value is -1.50. The number of likely N-dealkylation sites (N-methyl/N-ethyl adjacent to an activating group) is 1. The van der Waals surface area contributed by atoms with Crippen LogP contribution in [-0.2, 0) is 38.0 Å². The number of nitrogens with zero attached hydrogens (tertiary/aromatic N) is 1. The van der Waals surface area contributed by atoms with Crippen LogP contribution in [0.5, 0.6) is 0 Å². The third kappa shape index (κ3) is 9.30. The van der Waals surface area contributed by atoms with E-state index in [1.54, 1.807) is 41.7 Å². The third-order valence-electron chi connectivity index (χ3n) is 12.2. The topological polar surface area (TPSA) is 207 Å². The van der Waals surface area contributed by atoms with E-state index >= 15 is 0 Å². The molecule has 18 atom stereocenters. The second kappa shape index (κ2) is 18.0. The lowest BCUT2D eigenvalue weighted by atomic mass is 9.73. The first kappa shape index (κ1) is 44.9. The number of aliphatic hydroxyl groups excluding tert-OH is 3. The van der Waals surface area contributed by atoms with Gasteiger partial charge >= 0.3 is 5.97 Å². The highest BCUT2D eigenvalue weighted by atomic mass is 16.7. The molecule has 3 heterocycles. The number of carbonyl (C=O) groups is 1. The molecule has 0 bridgehead atoms. The van der Waals surface area contributed by atoms with Gasteiger partial charge in [-0.15, -0.1) is 0 Å². The summed E-state index contributed by atoms with van der Waals surface area (Å²) < 4.78 is 43.9. The molecule has 15 nitrogen and oxygen atoms in total. The molecule has 0 aromatic heterocycles. The number of hydrogen-bond acceptors (Lipinski definition) is 15. The zero-order valence-corrected chi connectivity index (χ0v) is 33.4. The van der Waals surface area contributed by atoms with Crippen molar-refractivity contribution in [1.82, 2.24) is 5.32 Å². The molecule has 52 heavy (non-hydrogen) atoms. The van der Waals surface area contributed by atoms with Gasteiger partial charge in [0, 0.05) is 44.4 Å². The summed E-state index contributed by atoms with van der Waals surface area (Å²) in [6.45, 7) is 17.3. The molecule has 0 aliphatic carbocycles. The molecule has 0 spiro atoms. The third-order valence-corrected chi connectivity index (χ3v) is 12.2. The van der Waals surface area contributed by atoms with Gasteiger partial charge in [-0.05, 0) is 67.9 Å². The lowest BCUT2D eigenvalue weighted by Crippen LogP contribution is -2.61. The quantitative estimate of drug-likeness (QED) is 0.120. The van der Waals surface area contributed by atoms with Gasteiger partial charge in [-0.3, -0.25) is 4.79 Å².